The summed E-state index contributed by atoms with van der Waals surface area (Å²) in [6, 6.07) is 24.6. The summed E-state index contributed by atoms with van der Waals surface area (Å²) >= 11 is 6.26. The van der Waals surface area contributed by atoms with Gasteiger partial charge in [0.2, 0.25) is 0 Å². The molecule has 0 saturated carbocycles. The van der Waals surface area contributed by atoms with Crippen LogP contribution >= 0.6 is 38.6 Å². The molecule has 0 radical (unpaired) electrons. The third kappa shape index (κ3) is 7.75. The maximum Gasteiger partial charge on any atom is 0.340 e. The van der Waals surface area contributed by atoms with Gasteiger partial charge in [0.15, 0.2) is 34.0 Å². The number of methoxy groups -OCH3 is 2. The Bertz CT molecular complexity index is 2170. The lowest BCUT2D eigenvalue weighted by molar-refractivity contribution is -0.121. The summed E-state index contributed by atoms with van der Waals surface area (Å²) in [5.41, 5.74) is 4.57. The van der Waals surface area contributed by atoms with Gasteiger partial charge in [0.05, 0.1) is 42.4 Å². The number of benzene rings is 3. The SMILES string of the molecule is COc1ccc(-c2cc(C(=O)OCC(=O)N(Cc3ccccc3)c3nc(-c4ccc(Br)cc4)cs3)c3sc(N4CCCCC4)nc3n2)cc1OC. The minimum absolute atomic E-state index is 0.265. The highest BCUT2D eigenvalue weighted by Gasteiger charge is 2.26. The predicted octanol–water partition coefficient (Wildman–Crippen LogP) is 8.64. The van der Waals surface area contributed by atoms with Crippen molar-refractivity contribution in [3.63, 3.8) is 0 Å². The lowest BCUT2D eigenvalue weighted by Crippen LogP contribution is -2.34. The van der Waals surface area contributed by atoms with E-state index in [1.54, 1.807) is 31.3 Å². The summed E-state index contributed by atoms with van der Waals surface area (Å²) < 4.78 is 18.3. The van der Waals surface area contributed by atoms with Gasteiger partial charge in [0, 0.05) is 34.1 Å². The summed E-state index contributed by atoms with van der Waals surface area (Å²) in [5, 5.41) is 3.24. The fourth-order valence-corrected chi connectivity index (χ4v) is 8.05. The van der Waals surface area contributed by atoms with Crippen molar-refractivity contribution < 1.29 is 23.8 Å². The van der Waals surface area contributed by atoms with E-state index in [0.29, 0.717) is 43.8 Å². The third-order valence-electron chi connectivity index (χ3n) is 8.55. The first kappa shape index (κ1) is 34.6. The minimum atomic E-state index is -0.638. The topological polar surface area (TPSA) is 107 Å². The monoisotopic (exact) mass is 783 g/mol. The molecule has 4 heterocycles. The van der Waals surface area contributed by atoms with E-state index in [-0.39, 0.29) is 6.54 Å². The van der Waals surface area contributed by atoms with Crippen molar-refractivity contribution in [2.75, 3.05) is 43.7 Å². The standard InChI is InChI=1S/C38H34BrN5O5S2/c1-47-31-16-13-26(19-32(31)48-2)29-20-28(34-35(40-29)42-37(51-34)43-17-7-4-8-18-43)36(46)49-22-33(45)44(21-24-9-5-3-6-10-24)38-41-30(23-50-38)25-11-14-27(39)15-12-25/h3,5-6,9-16,19-20,23H,4,7-8,17-18,21-22H2,1-2H3. The van der Waals surface area contributed by atoms with Crippen LogP contribution in [0.3, 0.4) is 0 Å². The van der Waals surface area contributed by atoms with E-state index in [1.807, 2.05) is 72.1 Å². The number of rotatable bonds is 11. The number of carbonyl (C=O) groups is 2. The van der Waals surface area contributed by atoms with Crippen LogP contribution in [-0.2, 0) is 16.1 Å². The van der Waals surface area contributed by atoms with Crippen molar-refractivity contribution in [1.82, 2.24) is 15.0 Å². The normalized spacial score (nSPS) is 12.9. The molecule has 1 fully saturated rings. The molecule has 3 aromatic carbocycles. The van der Waals surface area contributed by atoms with Crippen LogP contribution in [0.5, 0.6) is 11.5 Å². The van der Waals surface area contributed by atoms with Gasteiger partial charge in [-0.15, -0.1) is 11.3 Å². The highest BCUT2D eigenvalue weighted by molar-refractivity contribution is 9.10. The zero-order valence-corrected chi connectivity index (χ0v) is 31.2. The summed E-state index contributed by atoms with van der Waals surface area (Å²) in [6.45, 7) is 1.58. The fourth-order valence-electron chi connectivity index (χ4n) is 5.87. The van der Waals surface area contributed by atoms with E-state index in [1.165, 1.54) is 29.1 Å². The average Bonchev–Trinajstić information content (AvgIpc) is 3.84. The summed E-state index contributed by atoms with van der Waals surface area (Å²) in [6.07, 6.45) is 3.35. The number of piperidine rings is 1. The highest BCUT2D eigenvalue weighted by atomic mass is 79.9. The number of aromatic nitrogens is 3. The Morgan fingerprint density at radius 1 is 0.843 bits per heavy atom. The van der Waals surface area contributed by atoms with Crippen molar-refractivity contribution in [1.29, 1.82) is 0 Å². The molecule has 0 N–H and O–H groups in total. The Morgan fingerprint density at radius 2 is 1.59 bits per heavy atom. The first-order chi connectivity index (χ1) is 24.9. The Balaban J connectivity index is 1.19. The van der Waals surface area contributed by atoms with E-state index in [0.717, 1.165) is 52.4 Å². The van der Waals surface area contributed by atoms with Crippen molar-refractivity contribution in [3.05, 3.63) is 99.8 Å². The summed E-state index contributed by atoms with van der Waals surface area (Å²) in [7, 11) is 3.14. The van der Waals surface area contributed by atoms with Crippen LogP contribution in [0.1, 0.15) is 35.2 Å². The molecular formula is C38H34BrN5O5S2. The number of nitrogens with zero attached hydrogens (tertiary/aromatic N) is 5. The fraction of sp³-hybridized carbons (Fsp3) is 0.237. The van der Waals surface area contributed by atoms with Gasteiger partial charge in [0.25, 0.3) is 5.91 Å². The van der Waals surface area contributed by atoms with Crippen molar-refractivity contribution in [3.8, 4) is 34.0 Å². The van der Waals surface area contributed by atoms with Crippen molar-refractivity contribution in [2.45, 2.75) is 25.8 Å². The van der Waals surface area contributed by atoms with Crippen LogP contribution in [0.25, 0.3) is 32.9 Å². The Kier molecular flexibility index (Phi) is 10.6. The van der Waals surface area contributed by atoms with Crippen LogP contribution in [0.15, 0.2) is 88.7 Å². The number of hydrogen-bond acceptors (Lipinski definition) is 11. The molecular weight excluding hydrogens is 750 g/mol. The molecule has 0 bridgehead atoms. The molecule has 260 valence electrons. The molecule has 10 nitrogen and oxygen atoms in total. The van der Waals surface area contributed by atoms with Gasteiger partial charge in [0.1, 0.15) is 0 Å². The van der Waals surface area contributed by atoms with Crippen LogP contribution in [0, 0.1) is 0 Å². The molecule has 3 aromatic heterocycles. The maximum absolute atomic E-state index is 14.0. The number of hydrogen-bond donors (Lipinski definition) is 0. The van der Waals surface area contributed by atoms with Gasteiger partial charge in [-0.2, -0.15) is 4.98 Å². The van der Waals surface area contributed by atoms with Crippen molar-refractivity contribution >= 4 is 71.1 Å². The maximum atomic E-state index is 14.0. The second-order valence-electron chi connectivity index (χ2n) is 11.9. The number of ether oxygens (including phenoxy) is 3. The second kappa shape index (κ2) is 15.6. The van der Waals surface area contributed by atoms with Gasteiger partial charge < -0.3 is 19.1 Å². The number of pyridine rings is 1. The molecule has 0 aliphatic carbocycles. The quantitative estimate of drug-likeness (QED) is 0.119. The lowest BCUT2D eigenvalue weighted by atomic mass is 10.1. The zero-order valence-electron chi connectivity index (χ0n) is 28.0. The Labute approximate surface area is 311 Å². The molecule has 0 spiro atoms. The van der Waals surface area contributed by atoms with E-state index >= 15 is 0 Å². The first-order valence-corrected chi connectivity index (χ1v) is 18.9. The molecule has 1 amide bonds. The minimum Gasteiger partial charge on any atom is -0.493 e. The van der Waals surface area contributed by atoms with Gasteiger partial charge in [-0.05, 0) is 61.2 Å². The molecule has 0 unspecified atom stereocenters. The molecule has 1 saturated heterocycles. The molecule has 1 aliphatic rings. The molecule has 13 heteroatoms. The van der Waals surface area contributed by atoms with E-state index < -0.39 is 18.5 Å². The molecule has 7 rings (SSSR count). The lowest BCUT2D eigenvalue weighted by Gasteiger charge is -2.25. The van der Waals surface area contributed by atoms with Crippen LogP contribution < -0.4 is 19.3 Å². The zero-order chi connectivity index (χ0) is 35.3. The van der Waals surface area contributed by atoms with Gasteiger partial charge in [-0.3, -0.25) is 9.69 Å². The second-order valence-corrected chi connectivity index (χ2v) is 14.6. The van der Waals surface area contributed by atoms with Crippen molar-refractivity contribution in [2.24, 2.45) is 0 Å². The first-order valence-electron chi connectivity index (χ1n) is 16.4. The average molecular weight is 785 g/mol. The third-order valence-corrected chi connectivity index (χ3v) is 11.1. The molecule has 6 aromatic rings. The number of anilines is 2. The Morgan fingerprint density at radius 3 is 2.33 bits per heavy atom. The van der Waals surface area contributed by atoms with Gasteiger partial charge >= 0.3 is 5.97 Å². The van der Waals surface area contributed by atoms with Crippen LogP contribution in [0.2, 0.25) is 0 Å². The smallest absolute Gasteiger partial charge is 0.340 e. The van der Waals surface area contributed by atoms with E-state index in [4.69, 9.17) is 29.2 Å². The summed E-state index contributed by atoms with van der Waals surface area (Å²) in [5.74, 6) is 0.0713. The number of halogens is 1. The Hall–Kier alpha value is -4.85. The number of fused-ring (bicyclic) bond motifs is 1. The number of amides is 1. The van der Waals surface area contributed by atoms with Crippen LogP contribution in [-0.4, -0.2) is 60.7 Å². The molecule has 0 atom stereocenters. The van der Waals surface area contributed by atoms with Gasteiger partial charge in [-0.25, -0.2) is 14.8 Å². The molecule has 1 aliphatic heterocycles. The van der Waals surface area contributed by atoms with Gasteiger partial charge in [-0.1, -0.05) is 69.7 Å². The number of carbonyl (C=O) groups excluding carboxylic acids is 2. The number of esters is 1. The highest BCUT2D eigenvalue weighted by Crippen LogP contribution is 2.37. The largest absolute Gasteiger partial charge is 0.493 e. The van der Waals surface area contributed by atoms with Crippen LogP contribution in [0.4, 0.5) is 10.3 Å². The molecule has 51 heavy (non-hydrogen) atoms. The number of thiazole rings is 2. The predicted molar refractivity (Wildman–Crippen MR) is 205 cm³/mol. The summed E-state index contributed by atoms with van der Waals surface area (Å²) in [4.78, 5) is 46.2. The van der Waals surface area contributed by atoms with E-state index in [9.17, 15) is 9.59 Å². The van der Waals surface area contributed by atoms with E-state index in [2.05, 4.69) is 20.8 Å².